The van der Waals surface area contributed by atoms with Crippen molar-refractivity contribution in [3.05, 3.63) is 23.2 Å². The number of aliphatic hydroxyl groups excluding tert-OH is 1. The van der Waals surface area contributed by atoms with Gasteiger partial charge in [-0.1, -0.05) is 11.6 Å². The highest BCUT2D eigenvalue weighted by Crippen LogP contribution is 2.31. The Morgan fingerprint density at radius 1 is 1.36 bits per heavy atom. The molecular formula is C12H16ClNO6S2. The first-order chi connectivity index (χ1) is 10.1. The number of methoxy groups -OCH3 is 1. The number of rotatable bonds is 4. The van der Waals surface area contributed by atoms with Gasteiger partial charge >= 0.3 is 0 Å². The van der Waals surface area contributed by atoms with Gasteiger partial charge in [0, 0.05) is 12.1 Å². The molecule has 1 aliphatic heterocycles. The van der Waals surface area contributed by atoms with Gasteiger partial charge in [0.1, 0.15) is 10.6 Å². The third-order valence-electron chi connectivity index (χ3n) is 3.54. The zero-order valence-electron chi connectivity index (χ0n) is 11.9. The molecule has 1 aliphatic rings. The van der Waals surface area contributed by atoms with Crippen molar-refractivity contribution in [3.8, 4) is 5.75 Å². The summed E-state index contributed by atoms with van der Waals surface area (Å²) < 4.78 is 54.4. The molecule has 2 rings (SSSR count). The van der Waals surface area contributed by atoms with E-state index in [9.17, 15) is 21.9 Å². The van der Waals surface area contributed by atoms with E-state index in [2.05, 4.69) is 0 Å². The van der Waals surface area contributed by atoms with Crippen LogP contribution in [0.15, 0.2) is 23.1 Å². The first-order valence-corrected chi connectivity index (χ1v) is 9.92. The van der Waals surface area contributed by atoms with Gasteiger partial charge in [0.15, 0.2) is 9.84 Å². The van der Waals surface area contributed by atoms with Gasteiger partial charge in [-0.15, -0.1) is 0 Å². The van der Waals surface area contributed by atoms with E-state index >= 15 is 0 Å². The maximum atomic E-state index is 12.7. The molecule has 2 atom stereocenters. The van der Waals surface area contributed by atoms with Crippen molar-refractivity contribution in [3.63, 3.8) is 0 Å². The van der Waals surface area contributed by atoms with Gasteiger partial charge in [-0.05, 0) is 18.2 Å². The zero-order chi connectivity index (χ0) is 16.7. The van der Waals surface area contributed by atoms with Crippen LogP contribution in [-0.2, 0) is 19.9 Å². The number of aliphatic hydroxyl groups is 1. The Morgan fingerprint density at radius 2 is 2.00 bits per heavy atom. The highest BCUT2D eigenvalue weighted by molar-refractivity contribution is 7.92. The van der Waals surface area contributed by atoms with Crippen LogP contribution in [0.1, 0.15) is 0 Å². The molecule has 0 spiro atoms. The summed E-state index contributed by atoms with van der Waals surface area (Å²) in [5, 5.41) is 10.0. The number of hydrogen-bond donors (Lipinski definition) is 1. The van der Waals surface area contributed by atoms with Crippen molar-refractivity contribution >= 4 is 31.5 Å². The summed E-state index contributed by atoms with van der Waals surface area (Å²) >= 11 is 5.83. The summed E-state index contributed by atoms with van der Waals surface area (Å²) in [6.45, 7) is 0. The van der Waals surface area contributed by atoms with Gasteiger partial charge in [0.05, 0.1) is 30.8 Å². The summed E-state index contributed by atoms with van der Waals surface area (Å²) in [6.07, 6.45) is -1.27. The van der Waals surface area contributed by atoms with E-state index in [-0.39, 0.29) is 15.7 Å². The highest BCUT2D eigenvalue weighted by atomic mass is 35.5. The molecule has 0 aromatic heterocycles. The number of nitrogens with zero attached hydrogens (tertiary/aromatic N) is 1. The topological polar surface area (TPSA) is 101 Å². The van der Waals surface area contributed by atoms with Gasteiger partial charge in [0.25, 0.3) is 0 Å². The minimum Gasteiger partial charge on any atom is -0.495 e. The molecule has 0 aliphatic carbocycles. The maximum Gasteiger partial charge on any atom is 0.246 e. The van der Waals surface area contributed by atoms with Crippen LogP contribution in [0.2, 0.25) is 5.02 Å². The molecule has 0 bridgehead atoms. The van der Waals surface area contributed by atoms with Gasteiger partial charge in [0.2, 0.25) is 10.0 Å². The van der Waals surface area contributed by atoms with Gasteiger partial charge in [-0.3, -0.25) is 0 Å². The standard InChI is InChI=1S/C12H16ClNO6S2/c1-14(9-6-21(16,17)7-10(9)15)22(18,19)12-5-8(13)3-4-11(12)20-2/h3-5,9-10,15H,6-7H2,1-2H3/t9-,10-/m1/s1. The van der Waals surface area contributed by atoms with Crippen LogP contribution >= 0.6 is 11.6 Å². The molecule has 0 unspecified atom stereocenters. The smallest absolute Gasteiger partial charge is 0.246 e. The number of ether oxygens (including phenoxy) is 1. The van der Waals surface area contributed by atoms with Crippen LogP contribution < -0.4 is 4.74 Å². The third-order valence-corrected chi connectivity index (χ3v) is 7.38. The molecule has 1 N–H and O–H groups in total. The lowest BCUT2D eigenvalue weighted by Gasteiger charge is -2.26. The van der Waals surface area contributed by atoms with E-state index in [0.29, 0.717) is 0 Å². The molecule has 0 amide bonds. The van der Waals surface area contributed by atoms with Crippen molar-refractivity contribution in [1.82, 2.24) is 4.31 Å². The Balaban J connectivity index is 2.45. The Hall–Kier alpha value is -0.870. The lowest BCUT2D eigenvalue weighted by atomic mass is 10.2. The van der Waals surface area contributed by atoms with Crippen LogP contribution in [0.4, 0.5) is 0 Å². The Morgan fingerprint density at radius 3 is 2.50 bits per heavy atom. The van der Waals surface area contributed by atoms with E-state index in [1.165, 1.54) is 32.4 Å². The van der Waals surface area contributed by atoms with Crippen LogP contribution in [0.5, 0.6) is 5.75 Å². The molecule has 10 heteroatoms. The van der Waals surface area contributed by atoms with Crippen LogP contribution in [0, 0.1) is 0 Å². The minimum atomic E-state index is -4.07. The van der Waals surface area contributed by atoms with Crippen LogP contribution in [0.3, 0.4) is 0 Å². The van der Waals surface area contributed by atoms with Crippen molar-refractivity contribution < 1.29 is 26.7 Å². The van der Waals surface area contributed by atoms with Gasteiger partial charge < -0.3 is 9.84 Å². The second-order valence-electron chi connectivity index (χ2n) is 5.03. The number of halogens is 1. The highest BCUT2D eigenvalue weighted by Gasteiger charge is 2.43. The fourth-order valence-electron chi connectivity index (χ4n) is 2.34. The van der Waals surface area contributed by atoms with Crippen LogP contribution in [-0.4, -0.2) is 64.1 Å². The average molecular weight is 370 g/mol. The summed E-state index contributed by atoms with van der Waals surface area (Å²) in [4.78, 5) is -0.179. The number of benzene rings is 1. The Labute approximate surface area is 134 Å². The fourth-order valence-corrected chi connectivity index (χ4v) is 6.08. The molecule has 1 heterocycles. The first-order valence-electron chi connectivity index (χ1n) is 6.28. The summed E-state index contributed by atoms with van der Waals surface area (Å²) in [7, 11) is -5.00. The largest absolute Gasteiger partial charge is 0.495 e. The van der Waals surface area contributed by atoms with E-state index in [4.69, 9.17) is 16.3 Å². The van der Waals surface area contributed by atoms with E-state index in [1.807, 2.05) is 0 Å². The second kappa shape index (κ2) is 5.97. The lowest BCUT2D eigenvalue weighted by molar-refractivity contribution is 0.137. The molecule has 1 aromatic rings. The molecule has 0 saturated carbocycles. The number of sulfonamides is 1. The molecule has 1 fully saturated rings. The van der Waals surface area contributed by atoms with Crippen molar-refractivity contribution in [2.45, 2.75) is 17.0 Å². The van der Waals surface area contributed by atoms with E-state index < -0.39 is 43.5 Å². The van der Waals surface area contributed by atoms with Crippen molar-refractivity contribution in [2.24, 2.45) is 0 Å². The van der Waals surface area contributed by atoms with E-state index in [0.717, 1.165) is 4.31 Å². The molecular weight excluding hydrogens is 354 g/mol. The molecule has 0 radical (unpaired) electrons. The normalized spacial score (nSPS) is 24.6. The summed E-state index contributed by atoms with van der Waals surface area (Å²) in [6, 6.07) is 3.07. The molecule has 1 saturated heterocycles. The molecule has 1 aromatic carbocycles. The van der Waals surface area contributed by atoms with Gasteiger partial charge in [-0.25, -0.2) is 16.8 Å². The maximum absolute atomic E-state index is 12.7. The van der Waals surface area contributed by atoms with E-state index in [1.54, 1.807) is 0 Å². The minimum absolute atomic E-state index is 0.0894. The average Bonchev–Trinajstić information content (AvgIpc) is 2.70. The monoisotopic (exact) mass is 369 g/mol. The first kappa shape index (κ1) is 17.5. The van der Waals surface area contributed by atoms with Crippen molar-refractivity contribution in [2.75, 3.05) is 25.7 Å². The predicted molar refractivity (Wildman–Crippen MR) is 81.4 cm³/mol. The summed E-state index contributed by atoms with van der Waals surface area (Å²) in [5.41, 5.74) is 0. The fraction of sp³-hybridized carbons (Fsp3) is 0.500. The SMILES string of the molecule is COc1ccc(Cl)cc1S(=O)(=O)N(C)[C@@H]1CS(=O)(=O)C[C@H]1O. The summed E-state index contributed by atoms with van der Waals surface area (Å²) in [5.74, 6) is -0.789. The molecule has 124 valence electrons. The number of sulfone groups is 1. The zero-order valence-corrected chi connectivity index (χ0v) is 14.3. The third kappa shape index (κ3) is 3.23. The molecule has 22 heavy (non-hydrogen) atoms. The Bertz CT molecular complexity index is 777. The van der Waals surface area contributed by atoms with Gasteiger partial charge in [-0.2, -0.15) is 4.31 Å². The quantitative estimate of drug-likeness (QED) is 0.809. The van der Waals surface area contributed by atoms with Crippen LogP contribution in [0.25, 0.3) is 0 Å². The predicted octanol–water partition coefficient (Wildman–Crippen LogP) is 0.127. The Kier molecular flexibility index (Phi) is 4.74. The second-order valence-corrected chi connectivity index (χ2v) is 9.58. The number of likely N-dealkylation sites (N-methyl/N-ethyl adjacent to an activating group) is 1. The van der Waals surface area contributed by atoms with Crippen molar-refractivity contribution in [1.29, 1.82) is 0 Å². The lowest BCUT2D eigenvalue weighted by Crippen LogP contribution is -2.44. The molecule has 7 nitrogen and oxygen atoms in total. The number of hydrogen-bond acceptors (Lipinski definition) is 6.